The normalized spacial score (nSPS) is 11.8. The van der Waals surface area contributed by atoms with Crippen molar-refractivity contribution in [2.75, 3.05) is 5.32 Å². The van der Waals surface area contributed by atoms with Crippen LogP contribution in [0.5, 0.6) is 0 Å². The molecule has 0 spiro atoms. The van der Waals surface area contributed by atoms with Gasteiger partial charge in [0.15, 0.2) is 16.8 Å². The highest BCUT2D eigenvalue weighted by molar-refractivity contribution is 8.00. The van der Waals surface area contributed by atoms with Crippen molar-refractivity contribution in [1.82, 2.24) is 19.7 Å². The largest absolute Gasteiger partial charge is 0.325 e. The van der Waals surface area contributed by atoms with Crippen LogP contribution in [0.3, 0.4) is 0 Å². The summed E-state index contributed by atoms with van der Waals surface area (Å²) in [5.74, 6) is 0.623. The highest BCUT2D eigenvalue weighted by Crippen LogP contribution is 2.27. The van der Waals surface area contributed by atoms with Crippen LogP contribution in [0.1, 0.15) is 37.6 Å². The Hall–Kier alpha value is -3.00. The summed E-state index contributed by atoms with van der Waals surface area (Å²) in [6.45, 7) is 6.19. The van der Waals surface area contributed by atoms with Crippen molar-refractivity contribution in [2.45, 2.75) is 44.1 Å². The van der Waals surface area contributed by atoms with Crippen molar-refractivity contribution in [3.05, 3.63) is 54.4 Å². The Bertz CT molecular complexity index is 986. The molecule has 0 saturated heterocycles. The zero-order chi connectivity index (χ0) is 20.8. The van der Waals surface area contributed by atoms with Gasteiger partial charge in [0, 0.05) is 35.8 Å². The quantitative estimate of drug-likeness (QED) is 0.445. The summed E-state index contributed by atoms with van der Waals surface area (Å²) in [5, 5.41) is 11.9. The Morgan fingerprint density at radius 3 is 2.41 bits per heavy atom. The third-order valence-electron chi connectivity index (χ3n) is 4.31. The number of carbonyl (C=O) groups excluding carboxylic acids is 2. The van der Waals surface area contributed by atoms with Crippen LogP contribution >= 0.6 is 11.8 Å². The summed E-state index contributed by atoms with van der Waals surface area (Å²) < 4.78 is 2.03. The SMILES string of the molecule is CCCn1c(S[C@@H](C)C(=O)Nc2ccc(C(C)=O)cc2)nnc1-c1ccncc1. The van der Waals surface area contributed by atoms with Crippen LogP contribution in [0.15, 0.2) is 53.9 Å². The first-order chi connectivity index (χ1) is 14.0. The van der Waals surface area contributed by atoms with Crippen molar-refractivity contribution in [2.24, 2.45) is 0 Å². The predicted molar refractivity (Wildman–Crippen MR) is 114 cm³/mol. The molecule has 1 amide bonds. The summed E-state index contributed by atoms with van der Waals surface area (Å²) in [7, 11) is 0. The lowest BCUT2D eigenvalue weighted by Gasteiger charge is -2.13. The van der Waals surface area contributed by atoms with Crippen LogP contribution in [-0.4, -0.2) is 36.7 Å². The van der Waals surface area contributed by atoms with Crippen LogP contribution in [0.2, 0.25) is 0 Å². The van der Waals surface area contributed by atoms with Gasteiger partial charge < -0.3 is 9.88 Å². The van der Waals surface area contributed by atoms with Crippen molar-refractivity contribution < 1.29 is 9.59 Å². The molecule has 0 aliphatic carbocycles. The molecule has 3 rings (SSSR count). The second-order valence-electron chi connectivity index (χ2n) is 6.58. The molecule has 29 heavy (non-hydrogen) atoms. The second-order valence-corrected chi connectivity index (χ2v) is 7.88. The van der Waals surface area contributed by atoms with Gasteiger partial charge >= 0.3 is 0 Å². The van der Waals surface area contributed by atoms with Crippen LogP contribution in [0.4, 0.5) is 5.69 Å². The third-order valence-corrected chi connectivity index (χ3v) is 5.39. The molecule has 3 aromatic rings. The fourth-order valence-electron chi connectivity index (χ4n) is 2.76. The Morgan fingerprint density at radius 2 is 1.79 bits per heavy atom. The third kappa shape index (κ3) is 5.08. The number of amides is 1. The second kappa shape index (κ2) is 9.47. The lowest BCUT2D eigenvalue weighted by Crippen LogP contribution is -2.23. The van der Waals surface area contributed by atoms with E-state index in [2.05, 4.69) is 27.4 Å². The number of hydrogen-bond donors (Lipinski definition) is 1. The monoisotopic (exact) mass is 409 g/mol. The minimum Gasteiger partial charge on any atom is -0.325 e. The average molecular weight is 410 g/mol. The molecule has 0 bridgehead atoms. The number of Topliss-reactive ketones (excluding diaryl/α,β-unsaturated/α-hetero) is 1. The number of nitrogens with one attached hydrogen (secondary N) is 1. The molecular weight excluding hydrogens is 386 g/mol. The van der Waals surface area contributed by atoms with Crippen LogP contribution < -0.4 is 5.32 Å². The van der Waals surface area contributed by atoms with Gasteiger partial charge in [0.25, 0.3) is 0 Å². The minimum absolute atomic E-state index is 0.00735. The van der Waals surface area contributed by atoms with Crippen LogP contribution in [0.25, 0.3) is 11.4 Å². The summed E-state index contributed by atoms with van der Waals surface area (Å²) in [6, 6.07) is 10.7. The van der Waals surface area contributed by atoms with Gasteiger partial charge in [0.05, 0.1) is 5.25 Å². The van der Waals surface area contributed by atoms with Gasteiger partial charge in [-0.15, -0.1) is 10.2 Å². The maximum atomic E-state index is 12.6. The van der Waals surface area contributed by atoms with Gasteiger partial charge in [-0.05, 0) is 56.7 Å². The van der Waals surface area contributed by atoms with Crippen molar-refractivity contribution in [3.63, 3.8) is 0 Å². The molecule has 1 atom stereocenters. The zero-order valence-electron chi connectivity index (χ0n) is 16.6. The van der Waals surface area contributed by atoms with Crippen LogP contribution in [-0.2, 0) is 11.3 Å². The molecule has 0 saturated carbocycles. The molecule has 8 heteroatoms. The van der Waals surface area contributed by atoms with E-state index in [1.165, 1.54) is 18.7 Å². The number of hydrogen-bond acceptors (Lipinski definition) is 6. The van der Waals surface area contributed by atoms with Crippen molar-refractivity contribution in [1.29, 1.82) is 0 Å². The number of benzene rings is 1. The summed E-state index contributed by atoms with van der Waals surface area (Å²) in [5.41, 5.74) is 2.21. The summed E-state index contributed by atoms with van der Waals surface area (Å²) >= 11 is 1.37. The average Bonchev–Trinajstić information content (AvgIpc) is 3.11. The number of pyridine rings is 1. The number of carbonyl (C=O) groups is 2. The lowest BCUT2D eigenvalue weighted by molar-refractivity contribution is -0.115. The van der Waals surface area contributed by atoms with Gasteiger partial charge in [-0.3, -0.25) is 14.6 Å². The molecule has 0 unspecified atom stereocenters. The Morgan fingerprint density at radius 1 is 1.10 bits per heavy atom. The molecular formula is C21H23N5O2S. The Kier molecular flexibility index (Phi) is 6.77. The van der Waals surface area contributed by atoms with E-state index in [1.54, 1.807) is 36.7 Å². The molecule has 1 aromatic carbocycles. The fourth-order valence-corrected chi connectivity index (χ4v) is 3.63. The smallest absolute Gasteiger partial charge is 0.237 e. The maximum Gasteiger partial charge on any atom is 0.237 e. The number of anilines is 1. The van der Waals surface area contributed by atoms with Gasteiger partial charge in [-0.2, -0.15) is 0 Å². The number of thioether (sulfide) groups is 1. The number of aromatic nitrogens is 4. The molecule has 0 aliphatic rings. The number of rotatable bonds is 8. The van der Waals surface area contributed by atoms with E-state index in [4.69, 9.17) is 0 Å². The van der Waals surface area contributed by atoms with E-state index in [0.29, 0.717) is 16.4 Å². The summed E-state index contributed by atoms with van der Waals surface area (Å²) in [4.78, 5) is 28.0. The topological polar surface area (TPSA) is 89.8 Å². The highest BCUT2D eigenvalue weighted by Gasteiger charge is 2.20. The van der Waals surface area contributed by atoms with Gasteiger partial charge in [-0.25, -0.2) is 0 Å². The fraction of sp³-hybridized carbons (Fsp3) is 0.286. The molecule has 1 N–H and O–H groups in total. The van der Waals surface area contributed by atoms with E-state index in [1.807, 2.05) is 23.6 Å². The Balaban J connectivity index is 1.72. The number of nitrogens with zero attached hydrogens (tertiary/aromatic N) is 4. The molecule has 2 heterocycles. The van der Waals surface area contributed by atoms with Crippen LogP contribution in [0, 0.1) is 0 Å². The predicted octanol–water partition coefficient (Wildman–Crippen LogP) is 4.07. The van der Waals surface area contributed by atoms with E-state index in [-0.39, 0.29) is 16.9 Å². The molecule has 0 fully saturated rings. The van der Waals surface area contributed by atoms with Gasteiger partial charge in [-0.1, -0.05) is 18.7 Å². The van der Waals surface area contributed by atoms with Gasteiger partial charge in [0.2, 0.25) is 5.91 Å². The van der Waals surface area contributed by atoms with Crippen molar-refractivity contribution >= 4 is 29.1 Å². The minimum atomic E-state index is -0.368. The van der Waals surface area contributed by atoms with Gasteiger partial charge in [0.1, 0.15) is 0 Å². The standard InChI is InChI=1S/C21H23N5O2S/c1-4-13-26-19(17-9-11-22-12-10-17)24-25-21(26)29-15(3)20(28)23-18-7-5-16(6-8-18)14(2)27/h5-12,15H,4,13H2,1-3H3,(H,23,28)/t15-/m0/s1. The molecule has 150 valence electrons. The first kappa shape index (κ1) is 20.7. The highest BCUT2D eigenvalue weighted by atomic mass is 32.2. The molecule has 2 aromatic heterocycles. The van der Waals surface area contributed by atoms with E-state index in [0.717, 1.165) is 24.4 Å². The molecule has 7 nitrogen and oxygen atoms in total. The van der Waals surface area contributed by atoms with E-state index < -0.39 is 0 Å². The first-order valence-electron chi connectivity index (χ1n) is 9.41. The number of ketones is 1. The molecule has 0 radical (unpaired) electrons. The maximum absolute atomic E-state index is 12.6. The Labute approximate surface area is 174 Å². The zero-order valence-corrected chi connectivity index (χ0v) is 17.4. The molecule has 0 aliphatic heterocycles. The summed E-state index contributed by atoms with van der Waals surface area (Å²) in [6.07, 6.45) is 4.37. The van der Waals surface area contributed by atoms with E-state index in [9.17, 15) is 9.59 Å². The lowest BCUT2D eigenvalue weighted by atomic mass is 10.1. The van der Waals surface area contributed by atoms with E-state index >= 15 is 0 Å². The first-order valence-corrected chi connectivity index (χ1v) is 10.3. The van der Waals surface area contributed by atoms with Crippen molar-refractivity contribution in [3.8, 4) is 11.4 Å².